The highest BCUT2D eigenvalue weighted by molar-refractivity contribution is 7.80. The van der Waals surface area contributed by atoms with E-state index < -0.39 is 5.97 Å². The molecule has 7 heteroatoms. The van der Waals surface area contributed by atoms with E-state index in [1.165, 1.54) is 6.07 Å². The summed E-state index contributed by atoms with van der Waals surface area (Å²) in [4.78, 5) is 24.8. The molecule has 6 nitrogen and oxygen atoms in total. The molecule has 1 N–H and O–H groups in total. The van der Waals surface area contributed by atoms with Crippen molar-refractivity contribution in [2.75, 3.05) is 23.8 Å². The highest BCUT2D eigenvalue weighted by atomic mass is 32.1. The summed E-state index contributed by atoms with van der Waals surface area (Å²) in [7, 11) is 0. The molecule has 1 aliphatic heterocycles. The zero-order valence-corrected chi connectivity index (χ0v) is 10.9. The van der Waals surface area contributed by atoms with Gasteiger partial charge >= 0.3 is 5.97 Å². The average molecular weight is 269 g/mol. The first kappa shape index (κ1) is 12.9. The highest BCUT2D eigenvalue weighted by Gasteiger charge is 2.31. The second kappa shape index (κ2) is 5.43. The second-order valence-electron chi connectivity index (χ2n) is 4.12. The smallest absolute Gasteiger partial charge is 0.356 e. The highest BCUT2D eigenvalue weighted by Crippen LogP contribution is 2.24. The van der Waals surface area contributed by atoms with Gasteiger partial charge in [0.15, 0.2) is 5.82 Å². The van der Waals surface area contributed by atoms with E-state index in [-0.39, 0.29) is 17.5 Å². The van der Waals surface area contributed by atoms with E-state index in [0.717, 1.165) is 0 Å². The third kappa shape index (κ3) is 2.50. The van der Waals surface area contributed by atoms with Gasteiger partial charge < -0.3 is 4.74 Å². The number of rotatable bonds is 4. The van der Waals surface area contributed by atoms with Crippen molar-refractivity contribution in [1.29, 1.82) is 0 Å². The lowest BCUT2D eigenvalue weighted by Crippen LogP contribution is -2.25. The maximum Gasteiger partial charge on any atom is 0.356 e. The Morgan fingerprint density at radius 3 is 3.11 bits per heavy atom. The van der Waals surface area contributed by atoms with E-state index in [2.05, 4.69) is 22.8 Å². The summed E-state index contributed by atoms with van der Waals surface area (Å²) in [5.74, 6) is 0.915. The summed E-state index contributed by atoms with van der Waals surface area (Å²) in [6, 6.07) is 1.54. The normalized spacial score (nSPS) is 19.3. The van der Waals surface area contributed by atoms with Crippen LogP contribution in [-0.4, -0.2) is 41.0 Å². The van der Waals surface area contributed by atoms with E-state index in [9.17, 15) is 9.59 Å². The molecular formula is C11H15N3O3S. The van der Waals surface area contributed by atoms with Crippen molar-refractivity contribution in [3.8, 4) is 0 Å². The first-order valence-corrected chi connectivity index (χ1v) is 6.42. The molecular weight excluding hydrogens is 254 g/mol. The molecule has 0 saturated carbocycles. The zero-order valence-electron chi connectivity index (χ0n) is 10.0. The third-order valence-corrected chi connectivity index (χ3v) is 3.32. The SMILES string of the molecule is CCOC(=O)c1cc(N2CC(CS)CC2=O)n[nH]1. The lowest BCUT2D eigenvalue weighted by molar-refractivity contribution is -0.117. The van der Waals surface area contributed by atoms with Crippen LogP contribution in [-0.2, 0) is 9.53 Å². The van der Waals surface area contributed by atoms with Gasteiger partial charge in [-0.2, -0.15) is 17.7 Å². The van der Waals surface area contributed by atoms with Gasteiger partial charge in [0.1, 0.15) is 5.69 Å². The minimum atomic E-state index is -0.464. The van der Waals surface area contributed by atoms with Crippen LogP contribution < -0.4 is 4.90 Å². The lowest BCUT2D eigenvalue weighted by atomic mass is 10.1. The Kier molecular flexibility index (Phi) is 3.90. The molecule has 2 heterocycles. The van der Waals surface area contributed by atoms with Gasteiger partial charge in [0.05, 0.1) is 6.61 Å². The Morgan fingerprint density at radius 1 is 1.72 bits per heavy atom. The summed E-state index contributed by atoms with van der Waals surface area (Å²) >= 11 is 4.19. The number of nitrogens with zero attached hydrogens (tertiary/aromatic N) is 2. The van der Waals surface area contributed by atoms with Crippen molar-refractivity contribution in [2.45, 2.75) is 13.3 Å². The number of carbonyl (C=O) groups excluding carboxylic acids is 2. The quantitative estimate of drug-likeness (QED) is 0.628. The van der Waals surface area contributed by atoms with Gasteiger partial charge in [0.2, 0.25) is 5.91 Å². The van der Waals surface area contributed by atoms with Gasteiger partial charge in [-0.05, 0) is 18.6 Å². The Hall–Kier alpha value is -1.50. The van der Waals surface area contributed by atoms with Gasteiger partial charge in [-0.25, -0.2) is 4.79 Å². The number of amides is 1. The van der Waals surface area contributed by atoms with Crippen LogP contribution in [0.2, 0.25) is 0 Å². The van der Waals surface area contributed by atoms with E-state index in [1.807, 2.05) is 0 Å². The zero-order chi connectivity index (χ0) is 13.1. The Labute approximate surface area is 110 Å². The van der Waals surface area contributed by atoms with Crippen molar-refractivity contribution in [3.05, 3.63) is 11.8 Å². The van der Waals surface area contributed by atoms with Crippen LogP contribution >= 0.6 is 12.6 Å². The predicted octanol–water partition coefficient (Wildman–Crippen LogP) is 0.869. The third-order valence-electron chi connectivity index (χ3n) is 2.80. The topological polar surface area (TPSA) is 75.3 Å². The number of hydrogen-bond acceptors (Lipinski definition) is 5. The summed E-state index contributed by atoms with van der Waals surface area (Å²) < 4.78 is 4.85. The Balaban J connectivity index is 2.11. The number of ether oxygens (including phenoxy) is 1. The van der Waals surface area contributed by atoms with Crippen LogP contribution in [0.25, 0.3) is 0 Å². The van der Waals surface area contributed by atoms with Crippen molar-refractivity contribution >= 4 is 30.3 Å². The molecule has 1 aromatic heterocycles. The van der Waals surface area contributed by atoms with E-state index in [4.69, 9.17) is 4.74 Å². The number of nitrogens with one attached hydrogen (secondary N) is 1. The van der Waals surface area contributed by atoms with Crippen LogP contribution in [0.3, 0.4) is 0 Å². The number of aromatic amines is 1. The molecule has 1 amide bonds. The molecule has 0 aromatic carbocycles. The second-order valence-corrected chi connectivity index (χ2v) is 4.48. The number of anilines is 1. The maximum absolute atomic E-state index is 11.8. The van der Waals surface area contributed by atoms with Gasteiger partial charge in [0.25, 0.3) is 0 Å². The fraction of sp³-hybridized carbons (Fsp3) is 0.545. The van der Waals surface area contributed by atoms with Crippen molar-refractivity contribution in [1.82, 2.24) is 10.2 Å². The number of H-pyrrole nitrogens is 1. The number of aromatic nitrogens is 2. The summed E-state index contributed by atoms with van der Waals surface area (Å²) in [6.45, 7) is 2.63. The molecule has 0 radical (unpaired) electrons. The molecule has 1 unspecified atom stereocenters. The monoisotopic (exact) mass is 269 g/mol. The van der Waals surface area contributed by atoms with Crippen molar-refractivity contribution in [2.24, 2.45) is 5.92 Å². The van der Waals surface area contributed by atoms with E-state index >= 15 is 0 Å². The number of esters is 1. The fourth-order valence-corrected chi connectivity index (χ4v) is 2.13. The number of thiol groups is 1. The Bertz CT molecular complexity index is 460. The maximum atomic E-state index is 11.8. The van der Waals surface area contributed by atoms with Crippen LogP contribution in [0.1, 0.15) is 23.8 Å². The first-order chi connectivity index (χ1) is 8.65. The van der Waals surface area contributed by atoms with Crippen molar-refractivity contribution in [3.63, 3.8) is 0 Å². The van der Waals surface area contributed by atoms with Crippen LogP contribution in [0.15, 0.2) is 6.07 Å². The molecule has 0 bridgehead atoms. The summed E-state index contributed by atoms with van der Waals surface area (Å²) in [5.41, 5.74) is 0.258. The molecule has 1 atom stereocenters. The van der Waals surface area contributed by atoms with E-state index in [0.29, 0.717) is 31.1 Å². The largest absolute Gasteiger partial charge is 0.461 e. The van der Waals surface area contributed by atoms with Gasteiger partial charge in [-0.3, -0.25) is 14.8 Å². The van der Waals surface area contributed by atoms with E-state index in [1.54, 1.807) is 11.8 Å². The standard InChI is InChI=1S/C11H15N3O3S/c1-2-17-11(16)8-4-9(13-12-8)14-5-7(6-18)3-10(14)15/h4,7,18H,2-3,5-6H2,1H3,(H,12,13). The molecule has 0 spiro atoms. The first-order valence-electron chi connectivity index (χ1n) is 5.79. The van der Waals surface area contributed by atoms with Gasteiger partial charge in [0, 0.05) is 19.0 Å². The molecule has 98 valence electrons. The molecule has 1 aliphatic rings. The molecule has 1 fully saturated rings. The minimum absolute atomic E-state index is 0.0101. The molecule has 0 aliphatic carbocycles. The van der Waals surface area contributed by atoms with Crippen LogP contribution in [0, 0.1) is 5.92 Å². The number of carbonyl (C=O) groups is 2. The van der Waals surface area contributed by atoms with Crippen LogP contribution in [0.4, 0.5) is 5.82 Å². The fourth-order valence-electron chi connectivity index (χ4n) is 1.89. The summed E-state index contributed by atoms with van der Waals surface area (Å²) in [5, 5.41) is 6.56. The van der Waals surface area contributed by atoms with Crippen molar-refractivity contribution < 1.29 is 14.3 Å². The molecule has 1 aromatic rings. The Morgan fingerprint density at radius 2 is 2.50 bits per heavy atom. The predicted molar refractivity (Wildman–Crippen MR) is 68.9 cm³/mol. The molecule has 18 heavy (non-hydrogen) atoms. The summed E-state index contributed by atoms with van der Waals surface area (Å²) in [6.07, 6.45) is 0.477. The lowest BCUT2D eigenvalue weighted by Gasteiger charge is -2.11. The number of hydrogen-bond donors (Lipinski definition) is 2. The van der Waals surface area contributed by atoms with Gasteiger partial charge in [-0.15, -0.1) is 0 Å². The minimum Gasteiger partial charge on any atom is -0.461 e. The average Bonchev–Trinajstić information content (AvgIpc) is 2.95. The molecule has 1 saturated heterocycles. The molecule has 2 rings (SSSR count). The van der Waals surface area contributed by atoms with Gasteiger partial charge in [-0.1, -0.05) is 0 Å². The van der Waals surface area contributed by atoms with Crippen LogP contribution in [0.5, 0.6) is 0 Å².